The van der Waals surface area contributed by atoms with Gasteiger partial charge in [0.1, 0.15) is 0 Å². The fraction of sp³-hybridized carbons (Fsp3) is 0.105. The molecular weight excluding hydrogens is 755 g/mol. The standard InChI is InChI=1S/C57H45N5/c1-56(2)45-26-11-15-30-49(45)61(50-31-16-12-27-46(50)56)43-35-42(36-44(37-43)62-51-32-17-13-28-47(51)57(3,4)48-29-14-18-33-52(48)62)40-24-19-25-41(34-40)55-59-53(38-20-7-5-8-21-38)58-54(60-55)39-22-9-6-10-23-39/h5-37H,1-4H3. The minimum absolute atomic E-state index is 0.184. The van der Waals surface area contributed by atoms with Gasteiger partial charge in [-0.05, 0) is 81.9 Å². The third-order valence-corrected chi connectivity index (χ3v) is 12.8. The topological polar surface area (TPSA) is 45.2 Å². The second kappa shape index (κ2) is 14.5. The van der Waals surface area contributed by atoms with Gasteiger partial charge in [0.15, 0.2) is 17.5 Å². The number of nitrogens with zero attached hydrogens (tertiary/aromatic N) is 5. The number of aromatic nitrogens is 3. The molecule has 11 rings (SSSR count). The third-order valence-electron chi connectivity index (χ3n) is 12.8. The molecule has 0 saturated carbocycles. The summed E-state index contributed by atoms with van der Waals surface area (Å²) in [5, 5.41) is 0. The smallest absolute Gasteiger partial charge is 0.164 e. The van der Waals surface area contributed by atoms with Gasteiger partial charge in [0, 0.05) is 38.9 Å². The van der Waals surface area contributed by atoms with Gasteiger partial charge < -0.3 is 9.80 Å². The lowest BCUT2D eigenvalue weighted by molar-refractivity contribution is 0.631. The van der Waals surface area contributed by atoms with E-state index in [1.54, 1.807) is 0 Å². The van der Waals surface area contributed by atoms with Crippen LogP contribution in [0.5, 0.6) is 0 Å². The summed E-state index contributed by atoms with van der Waals surface area (Å²) in [4.78, 5) is 20.1. The molecule has 5 heteroatoms. The van der Waals surface area contributed by atoms with Crippen molar-refractivity contribution >= 4 is 34.1 Å². The van der Waals surface area contributed by atoms with Crippen LogP contribution < -0.4 is 9.80 Å². The molecule has 9 aromatic rings. The summed E-state index contributed by atoms with van der Waals surface area (Å²) < 4.78 is 0. The van der Waals surface area contributed by atoms with Gasteiger partial charge in [0.05, 0.1) is 22.7 Å². The minimum Gasteiger partial charge on any atom is -0.310 e. The Morgan fingerprint density at radius 3 is 1.02 bits per heavy atom. The first-order valence-corrected chi connectivity index (χ1v) is 21.4. The average Bonchev–Trinajstić information content (AvgIpc) is 3.32. The van der Waals surface area contributed by atoms with Crippen LogP contribution in [0.15, 0.2) is 200 Å². The van der Waals surface area contributed by atoms with E-state index in [1.807, 2.05) is 60.7 Å². The molecule has 62 heavy (non-hydrogen) atoms. The molecule has 0 bridgehead atoms. The minimum atomic E-state index is -0.184. The second-order valence-electron chi connectivity index (χ2n) is 17.3. The van der Waals surface area contributed by atoms with E-state index in [0.29, 0.717) is 17.5 Å². The van der Waals surface area contributed by atoms with Crippen molar-refractivity contribution in [2.45, 2.75) is 38.5 Å². The van der Waals surface area contributed by atoms with Crippen molar-refractivity contribution in [1.29, 1.82) is 0 Å². The van der Waals surface area contributed by atoms with Gasteiger partial charge in [0.25, 0.3) is 0 Å². The largest absolute Gasteiger partial charge is 0.310 e. The van der Waals surface area contributed by atoms with Crippen LogP contribution in [0.25, 0.3) is 45.3 Å². The Morgan fingerprint density at radius 2 is 0.613 bits per heavy atom. The lowest BCUT2D eigenvalue weighted by Crippen LogP contribution is -2.31. The van der Waals surface area contributed by atoms with Gasteiger partial charge in [0.2, 0.25) is 0 Å². The Kier molecular flexibility index (Phi) is 8.76. The van der Waals surface area contributed by atoms with Crippen molar-refractivity contribution < 1.29 is 0 Å². The van der Waals surface area contributed by atoms with Gasteiger partial charge in [-0.2, -0.15) is 0 Å². The summed E-state index contributed by atoms with van der Waals surface area (Å²) in [5.41, 5.74) is 16.6. The molecule has 2 aliphatic heterocycles. The maximum absolute atomic E-state index is 5.10. The van der Waals surface area contributed by atoms with Crippen LogP contribution in [-0.4, -0.2) is 15.0 Å². The average molecular weight is 800 g/mol. The van der Waals surface area contributed by atoms with Crippen LogP contribution in [0.3, 0.4) is 0 Å². The molecule has 298 valence electrons. The van der Waals surface area contributed by atoms with Crippen LogP contribution in [0.2, 0.25) is 0 Å². The Labute approximate surface area is 363 Å². The summed E-state index contributed by atoms with van der Waals surface area (Å²) >= 11 is 0. The SMILES string of the molecule is CC1(C)c2ccccc2N(c2cc(-c3cccc(-c4nc(-c5ccccc5)nc(-c5ccccc5)n4)c3)cc(N3c4ccccc4C(C)(C)c4ccccc43)c2)c2ccccc21. The van der Waals surface area contributed by atoms with E-state index in [-0.39, 0.29) is 10.8 Å². The predicted molar refractivity (Wildman–Crippen MR) is 255 cm³/mol. The molecule has 0 N–H and O–H groups in total. The number of rotatable bonds is 6. The fourth-order valence-corrected chi connectivity index (χ4v) is 9.69. The van der Waals surface area contributed by atoms with Gasteiger partial charge >= 0.3 is 0 Å². The highest BCUT2D eigenvalue weighted by Gasteiger charge is 2.39. The first-order chi connectivity index (χ1) is 30.3. The van der Waals surface area contributed by atoms with Crippen LogP contribution in [-0.2, 0) is 10.8 Å². The summed E-state index contributed by atoms with van der Waals surface area (Å²) in [6, 6.07) is 71.5. The Morgan fingerprint density at radius 1 is 0.290 bits per heavy atom. The molecule has 0 spiro atoms. The third kappa shape index (κ3) is 6.11. The van der Waals surface area contributed by atoms with E-state index in [9.17, 15) is 0 Å². The van der Waals surface area contributed by atoms with E-state index < -0.39 is 0 Å². The van der Waals surface area contributed by atoms with Gasteiger partial charge in [-0.15, -0.1) is 0 Å². The zero-order valence-corrected chi connectivity index (χ0v) is 35.3. The maximum Gasteiger partial charge on any atom is 0.164 e. The molecule has 0 atom stereocenters. The number of fused-ring (bicyclic) bond motifs is 4. The van der Waals surface area contributed by atoms with Crippen molar-refractivity contribution in [3.63, 3.8) is 0 Å². The molecule has 1 aromatic heterocycles. The summed E-state index contributed by atoms with van der Waals surface area (Å²) in [6.07, 6.45) is 0. The van der Waals surface area contributed by atoms with Crippen LogP contribution in [0, 0.1) is 0 Å². The number of para-hydroxylation sites is 4. The van der Waals surface area contributed by atoms with Crippen molar-refractivity contribution in [2.75, 3.05) is 9.80 Å². The highest BCUT2D eigenvalue weighted by molar-refractivity contribution is 5.93. The summed E-state index contributed by atoms with van der Waals surface area (Å²) in [7, 11) is 0. The van der Waals surface area contributed by atoms with E-state index in [2.05, 4.69) is 177 Å². The molecule has 0 radical (unpaired) electrons. The molecule has 8 aromatic carbocycles. The lowest BCUT2D eigenvalue weighted by Gasteiger charge is -2.43. The molecule has 0 unspecified atom stereocenters. The first-order valence-electron chi connectivity index (χ1n) is 21.4. The van der Waals surface area contributed by atoms with Crippen molar-refractivity contribution in [3.05, 3.63) is 222 Å². The number of hydrogen-bond acceptors (Lipinski definition) is 5. The molecular formula is C57H45N5. The summed E-state index contributed by atoms with van der Waals surface area (Å²) in [6.45, 7) is 9.36. The van der Waals surface area contributed by atoms with Crippen molar-refractivity contribution in [1.82, 2.24) is 15.0 Å². The van der Waals surface area contributed by atoms with Crippen molar-refractivity contribution in [3.8, 4) is 45.3 Å². The normalized spacial score (nSPS) is 14.3. The predicted octanol–water partition coefficient (Wildman–Crippen LogP) is 14.8. The maximum atomic E-state index is 5.10. The molecule has 0 saturated heterocycles. The van der Waals surface area contributed by atoms with Crippen LogP contribution >= 0.6 is 0 Å². The highest BCUT2D eigenvalue weighted by Crippen LogP contribution is 2.55. The number of benzene rings is 8. The van der Waals surface area contributed by atoms with Gasteiger partial charge in [-0.1, -0.05) is 179 Å². The Bertz CT molecular complexity index is 2870. The summed E-state index contributed by atoms with van der Waals surface area (Å²) in [5.74, 6) is 1.90. The molecule has 2 aliphatic rings. The first kappa shape index (κ1) is 37.4. The molecule has 5 nitrogen and oxygen atoms in total. The quantitative estimate of drug-likeness (QED) is 0.168. The zero-order valence-electron chi connectivity index (χ0n) is 35.3. The molecule has 0 fully saturated rings. The molecule has 3 heterocycles. The highest BCUT2D eigenvalue weighted by atomic mass is 15.2. The second-order valence-corrected chi connectivity index (χ2v) is 17.3. The van der Waals surface area contributed by atoms with Crippen LogP contribution in [0.4, 0.5) is 34.1 Å². The van der Waals surface area contributed by atoms with Gasteiger partial charge in [-0.3, -0.25) is 0 Å². The Balaban J connectivity index is 1.14. The van der Waals surface area contributed by atoms with E-state index >= 15 is 0 Å². The zero-order chi connectivity index (χ0) is 42.0. The molecule has 0 amide bonds. The lowest BCUT2D eigenvalue weighted by atomic mass is 9.73. The van der Waals surface area contributed by atoms with Crippen molar-refractivity contribution in [2.24, 2.45) is 0 Å². The van der Waals surface area contributed by atoms with E-state index in [4.69, 9.17) is 15.0 Å². The van der Waals surface area contributed by atoms with Crippen LogP contribution in [0.1, 0.15) is 49.9 Å². The van der Waals surface area contributed by atoms with Gasteiger partial charge in [-0.25, -0.2) is 15.0 Å². The fourth-order valence-electron chi connectivity index (χ4n) is 9.69. The number of hydrogen-bond donors (Lipinski definition) is 0. The monoisotopic (exact) mass is 799 g/mol. The van der Waals surface area contributed by atoms with E-state index in [0.717, 1.165) is 39.2 Å². The number of anilines is 6. The van der Waals surface area contributed by atoms with E-state index in [1.165, 1.54) is 45.0 Å². The Hall–Kier alpha value is -7.63. The molecule has 0 aliphatic carbocycles.